The number of anilines is 2. The molecule has 0 spiro atoms. The molecule has 0 aliphatic carbocycles. The van der Waals surface area contributed by atoms with Gasteiger partial charge in [-0.05, 0) is 67.6 Å². The molecule has 0 heterocycles. The lowest BCUT2D eigenvalue weighted by Gasteiger charge is -2.14. The van der Waals surface area contributed by atoms with E-state index in [1.54, 1.807) is 30.3 Å². The molecule has 3 aromatic carbocycles. The summed E-state index contributed by atoms with van der Waals surface area (Å²) in [6, 6.07) is 18.4. The number of carbonyl (C=O) groups is 1. The van der Waals surface area contributed by atoms with Gasteiger partial charge in [0.2, 0.25) is 5.91 Å². The summed E-state index contributed by atoms with van der Waals surface area (Å²) in [6.45, 7) is 1.81. The highest BCUT2D eigenvalue weighted by molar-refractivity contribution is 9.10. The van der Waals surface area contributed by atoms with Crippen LogP contribution in [0.5, 0.6) is 11.5 Å². The fourth-order valence-electron chi connectivity index (χ4n) is 2.82. The van der Waals surface area contributed by atoms with E-state index in [-0.39, 0.29) is 21.7 Å². The summed E-state index contributed by atoms with van der Waals surface area (Å²) < 4.78 is 39.5. The molecular weight excluding hydrogens is 528 g/mol. The second-order valence-corrected chi connectivity index (χ2v) is 10.9. The predicted octanol–water partition coefficient (Wildman–Crippen LogP) is 5.39. The lowest BCUT2D eigenvalue weighted by Crippen LogP contribution is -2.22. The van der Waals surface area contributed by atoms with Gasteiger partial charge in [-0.2, -0.15) is 0 Å². The molecule has 0 saturated carbocycles. The van der Waals surface area contributed by atoms with E-state index in [0.29, 0.717) is 17.2 Å². The Balaban J connectivity index is 1.66. The molecule has 174 valence electrons. The van der Waals surface area contributed by atoms with Gasteiger partial charge in [0, 0.05) is 21.1 Å². The SMILES string of the molecule is COc1ccc(NS(=O)(=O)c2ccc(NC(=O)[C@H](C)Sc3ccc(Br)cc3)cc2)c(OC)c1. The van der Waals surface area contributed by atoms with Crippen LogP contribution in [0.15, 0.2) is 81.0 Å². The molecular formula is C23H23BrN2O5S2. The lowest BCUT2D eigenvalue weighted by molar-refractivity contribution is -0.115. The first-order chi connectivity index (χ1) is 15.7. The van der Waals surface area contributed by atoms with E-state index < -0.39 is 10.0 Å². The minimum atomic E-state index is -3.86. The van der Waals surface area contributed by atoms with Crippen LogP contribution in [-0.2, 0) is 14.8 Å². The van der Waals surface area contributed by atoms with Gasteiger partial charge in [-0.15, -0.1) is 11.8 Å². The zero-order valence-electron chi connectivity index (χ0n) is 18.2. The van der Waals surface area contributed by atoms with Gasteiger partial charge < -0.3 is 14.8 Å². The van der Waals surface area contributed by atoms with Gasteiger partial charge in [0.05, 0.1) is 30.1 Å². The summed E-state index contributed by atoms with van der Waals surface area (Å²) in [5.41, 5.74) is 0.790. The lowest BCUT2D eigenvalue weighted by atomic mass is 10.3. The third kappa shape index (κ3) is 6.66. The van der Waals surface area contributed by atoms with Crippen molar-refractivity contribution in [3.05, 3.63) is 71.2 Å². The van der Waals surface area contributed by atoms with Crippen molar-refractivity contribution in [3.63, 3.8) is 0 Å². The standard InChI is InChI=1S/C23H23BrN2O5S2/c1-15(32-19-9-4-16(24)5-10-19)23(27)25-17-6-11-20(12-7-17)33(28,29)26-21-13-8-18(30-2)14-22(21)31-3/h4-15,26H,1-3H3,(H,25,27)/t15-/m0/s1. The molecule has 0 aliphatic rings. The average molecular weight is 551 g/mol. The Labute approximate surface area is 206 Å². The molecule has 0 fully saturated rings. The maximum atomic E-state index is 12.8. The van der Waals surface area contributed by atoms with Crippen LogP contribution in [0.3, 0.4) is 0 Å². The third-order valence-electron chi connectivity index (χ3n) is 4.58. The van der Waals surface area contributed by atoms with Gasteiger partial charge >= 0.3 is 0 Å². The van der Waals surface area contributed by atoms with Gasteiger partial charge in [0.1, 0.15) is 11.5 Å². The summed E-state index contributed by atoms with van der Waals surface area (Å²) in [6.07, 6.45) is 0. The largest absolute Gasteiger partial charge is 0.497 e. The van der Waals surface area contributed by atoms with Crippen molar-refractivity contribution < 1.29 is 22.7 Å². The van der Waals surface area contributed by atoms with E-state index >= 15 is 0 Å². The number of carbonyl (C=O) groups excluding carboxylic acids is 1. The number of benzene rings is 3. The molecule has 0 aromatic heterocycles. The van der Waals surface area contributed by atoms with Crippen molar-refractivity contribution in [1.82, 2.24) is 0 Å². The van der Waals surface area contributed by atoms with Crippen molar-refractivity contribution in [2.75, 3.05) is 24.3 Å². The molecule has 33 heavy (non-hydrogen) atoms. The molecule has 1 amide bonds. The molecule has 0 bridgehead atoms. The van der Waals surface area contributed by atoms with Crippen LogP contribution in [-0.4, -0.2) is 33.8 Å². The minimum absolute atomic E-state index is 0.0515. The highest BCUT2D eigenvalue weighted by atomic mass is 79.9. The monoisotopic (exact) mass is 550 g/mol. The number of halogens is 1. The number of amides is 1. The second-order valence-electron chi connectivity index (χ2n) is 6.90. The van der Waals surface area contributed by atoms with Crippen LogP contribution in [0.25, 0.3) is 0 Å². The van der Waals surface area contributed by atoms with Crippen molar-refractivity contribution in [1.29, 1.82) is 0 Å². The topological polar surface area (TPSA) is 93.7 Å². The molecule has 2 N–H and O–H groups in total. The maximum Gasteiger partial charge on any atom is 0.262 e. The van der Waals surface area contributed by atoms with Gasteiger partial charge in [-0.25, -0.2) is 8.42 Å². The average Bonchev–Trinajstić information content (AvgIpc) is 2.81. The van der Waals surface area contributed by atoms with Crippen LogP contribution < -0.4 is 19.5 Å². The van der Waals surface area contributed by atoms with Gasteiger partial charge in [0.25, 0.3) is 10.0 Å². The first-order valence-electron chi connectivity index (χ1n) is 9.80. The van der Waals surface area contributed by atoms with E-state index in [1.807, 2.05) is 31.2 Å². The molecule has 0 unspecified atom stereocenters. The van der Waals surface area contributed by atoms with E-state index in [0.717, 1.165) is 9.37 Å². The highest BCUT2D eigenvalue weighted by Crippen LogP contribution is 2.31. The van der Waals surface area contributed by atoms with Gasteiger partial charge in [-0.3, -0.25) is 9.52 Å². The van der Waals surface area contributed by atoms with Gasteiger partial charge in [-0.1, -0.05) is 15.9 Å². The fraction of sp³-hybridized carbons (Fsp3) is 0.174. The third-order valence-corrected chi connectivity index (χ3v) is 7.60. The highest BCUT2D eigenvalue weighted by Gasteiger charge is 2.18. The van der Waals surface area contributed by atoms with E-state index in [2.05, 4.69) is 26.0 Å². The molecule has 7 nitrogen and oxygen atoms in total. The summed E-state index contributed by atoms with van der Waals surface area (Å²) in [7, 11) is -0.905. The number of rotatable bonds is 9. The van der Waals surface area contributed by atoms with Crippen molar-refractivity contribution in [2.24, 2.45) is 0 Å². The van der Waals surface area contributed by atoms with Crippen molar-refractivity contribution >= 4 is 55.0 Å². The number of thioether (sulfide) groups is 1. The Morgan fingerprint density at radius 1 is 0.970 bits per heavy atom. The van der Waals surface area contributed by atoms with E-state index in [4.69, 9.17) is 9.47 Å². The molecule has 0 saturated heterocycles. The number of methoxy groups -OCH3 is 2. The van der Waals surface area contributed by atoms with Crippen LogP contribution in [0.2, 0.25) is 0 Å². The van der Waals surface area contributed by atoms with E-state index in [1.165, 1.54) is 38.1 Å². The minimum Gasteiger partial charge on any atom is -0.497 e. The Bertz CT molecular complexity index is 1220. The normalized spacial score (nSPS) is 12.0. The number of nitrogens with one attached hydrogen (secondary N) is 2. The molecule has 1 atom stereocenters. The predicted molar refractivity (Wildman–Crippen MR) is 135 cm³/mol. The van der Waals surface area contributed by atoms with Crippen LogP contribution in [0.1, 0.15) is 6.92 Å². The van der Waals surface area contributed by atoms with E-state index in [9.17, 15) is 13.2 Å². The van der Waals surface area contributed by atoms with Crippen LogP contribution in [0.4, 0.5) is 11.4 Å². The Kier molecular flexibility index (Phi) is 8.28. The zero-order valence-corrected chi connectivity index (χ0v) is 21.4. The number of hydrogen-bond donors (Lipinski definition) is 2. The van der Waals surface area contributed by atoms with Gasteiger partial charge in [0.15, 0.2) is 0 Å². The molecule has 10 heteroatoms. The van der Waals surface area contributed by atoms with Crippen molar-refractivity contribution in [2.45, 2.75) is 22.0 Å². The molecule has 3 aromatic rings. The molecule has 3 rings (SSSR count). The second kappa shape index (κ2) is 11.0. The number of sulfonamides is 1. The summed E-state index contributed by atoms with van der Waals surface area (Å²) >= 11 is 4.82. The molecule has 0 radical (unpaired) electrons. The summed E-state index contributed by atoms with van der Waals surface area (Å²) in [5.74, 6) is 0.695. The summed E-state index contributed by atoms with van der Waals surface area (Å²) in [4.78, 5) is 13.6. The Hall–Kier alpha value is -2.69. The Morgan fingerprint density at radius 2 is 1.64 bits per heavy atom. The fourth-order valence-corrected chi connectivity index (χ4v) is 5.02. The number of hydrogen-bond acceptors (Lipinski definition) is 6. The van der Waals surface area contributed by atoms with Crippen molar-refractivity contribution in [3.8, 4) is 11.5 Å². The summed E-state index contributed by atoms with van der Waals surface area (Å²) in [5, 5.41) is 2.48. The first-order valence-corrected chi connectivity index (χ1v) is 13.0. The number of ether oxygens (including phenoxy) is 2. The van der Waals surface area contributed by atoms with Crippen LogP contribution >= 0.6 is 27.7 Å². The molecule has 0 aliphatic heterocycles. The first kappa shape index (κ1) is 24.9. The van der Waals surface area contributed by atoms with Crippen LogP contribution in [0, 0.1) is 0 Å². The smallest absolute Gasteiger partial charge is 0.262 e. The maximum absolute atomic E-state index is 12.8. The zero-order chi connectivity index (χ0) is 24.0. The quantitative estimate of drug-likeness (QED) is 0.347. The Morgan fingerprint density at radius 3 is 2.24 bits per heavy atom.